The molecule has 2 heterocycles. The van der Waals surface area contributed by atoms with E-state index in [0.717, 1.165) is 59.8 Å². The van der Waals surface area contributed by atoms with Gasteiger partial charge in [0, 0.05) is 48.1 Å². The van der Waals surface area contributed by atoms with Crippen LogP contribution >= 0.6 is 11.6 Å². The number of furan rings is 1. The number of nitrogens with zero attached hydrogens (tertiary/aromatic N) is 2. The number of carbonyl (C=O) groups is 1. The Hall–Kier alpha value is -4.32. The van der Waals surface area contributed by atoms with Crippen LogP contribution in [-0.4, -0.2) is 32.1 Å². The predicted octanol–water partition coefficient (Wildman–Crippen LogP) is 7.52. The zero-order chi connectivity index (χ0) is 27.3. The van der Waals surface area contributed by atoms with Crippen LogP contribution in [0, 0.1) is 0 Å². The van der Waals surface area contributed by atoms with Crippen molar-refractivity contribution in [3.63, 3.8) is 0 Å². The molecule has 4 aromatic carbocycles. The smallest absolute Gasteiger partial charge is 0.294 e. The highest BCUT2D eigenvalue weighted by atomic mass is 35.5. The molecule has 0 radical (unpaired) electrons. The van der Waals surface area contributed by atoms with Gasteiger partial charge in [-0.2, -0.15) is 0 Å². The third-order valence-corrected chi connectivity index (χ3v) is 7.49. The minimum Gasteiger partial charge on any atom is -0.451 e. The molecule has 5 aromatic rings. The molecule has 1 saturated heterocycles. The molecule has 0 bridgehead atoms. The van der Waals surface area contributed by atoms with Crippen molar-refractivity contribution in [1.29, 1.82) is 0 Å². The molecule has 1 fully saturated rings. The molecule has 0 atom stereocenters. The molecule has 1 N–H and O–H groups in total. The SMILES string of the molecule is O=C(c1ccc(-c2ccc(Cl)cc2)o1)N(Cc1ccc(-c2ccccc2)cc1)c1ccc(N2CCNCC2)cc1. The second-order valence-corrected chi connectivity index (χ2v) is 10.3. The Morgan fingerprint density at radius 1 is 0.750 bits per heavy atom. The summed E-state index contributed by atoms with van der Waals surface area (Å²) >= 11 is 6.05. The van der Waals surface area contributed by atoms with Crippen LogP contribution in [0.25, 0.3) is 22.5 Å². The summed E-state index contributed by atoms with van der Waals surface area (Å²) in [5.41, 5.74) is 6.18. The lowest BCUT2D eigenvalue weighted by Crippen LogP contribution is -2.43. The monoisotopic (exact) mass is 547 g/mol. The van der Waals surface area contributed by atoms with Gasteiger partial charge in [-0.15, -0.1) is 0 Å². The minimum atomic E-state index is -0.192. The Kier molecular flexibility index (Phi) is 7.67. The lowest BCUT2D eigenvalue weighted by atomic mass is 10.0. The van der Waals surface area contributed by atoms with Crippen LogP contribution in [0.4, 0.5) is 11.4 Å². The molecule has 6 heteroatoms. The largest absolute Gasteiger partial charge is 0.451 e. The van der Waals surface area contributed by atoms with Gasteiger partial charge in [0.25, 0.3) is 5.91 Å². The highest BCUT2D eigenvalue weighted by Crippen LogP contribution is 2.29. The number of benzene rings is 4. The summed E-state index contributed by atoms with van der Waals surface area (Å²) in [5, 5.41) is 4.05. The van der Waals surface area contributed by atoms with E-state index >= 15 is 0 Å². The van der Waals surface area contributed by atoms with Crippen LogP contribution in [0.1, 0.15) is 16.1 Å². The maximum absolute atomic E-state index is 13.9. The van der Waals surface area contributed by atoms with E-state index in [1.807, 2.05) is 60.7 Å². The third-order valence-electron chi connectivity index (χ3n) is 7.24. The highest BCUT2D eigenvalue weighted by Gasteiger charge is 2.23. The molecule has 0 saturated carbocycles. The first-order chi connectivity index (χ1) is 19.6. The van der Waals surface area contributed by atoms with Gasteiger partial charge in [-0.1, -0.05) is 66.2 Å². The van der Waals surface area contributed by atoms with Gasteiger partial charge in [0.05, 0.1) is 6.54 Å². The number of anilines is 2. The average molecular weight is 548 g/mol. The summed E-state index contributed by atoms with van der Waals surface area (Å²) in [7, 11) is 0. The van der Waals surface area contributed by atoms with Gasteiger partial charge >= 0.3 is 0 Å². The average Bonchev–Trinajstić information content (AvgIpc) is 3.52. The summed E-state index contributed by atoms with van der Waals surface area (Å²) in [4.78, 5) is 18.1. The molecule has 6 rings (SSSR count). The minimum absolute atomic E-state index is 0.192. The normalized spacial score (nSPS) is 13.3. The Bertz CT molecular complexity index is 1560. The second-order valence-electron chi connectivity index (χ2n) is 9.88. The Morgan fingerprint density at radius 2 is 1.40 bits per heavy atom. The van der Waals surface area contributed by atoms with E-state index < -0.39 is 0 Å². The maximum Gasteiger partial charge on any atom is 0.294 e. The quantitative estimate of drug-likeness (QED) is 0.229. The van der Waals surface area contributed by atoms with Gasteiger partial charge < -0.3 is 19.5 Å². The standard InChI is InChI=1S/C34H30ClN3O2/c35-29-12-10-28(11-13-29)32-18-19-33(40-32)34(39)38(31-16-14-30(15-17-31)37-22-20-36-21-23-37)24-25-6-8-27(9-7-25)26-4-2-1-3-5-26/h1-19,36H,20-24H2. The number of amides is 1. The van der Waals surface area contributed by atoms with Gasteiger partial charge in [0.15, 0.2) is 5.76 Å². The fourth-order valence-corrected chi connectivity index (χ4v) is 5.14. The van der Waals surface area contributed by atoms with E-state index in [-0.39, 0.29) is 11.7 Å². The fourth-order valence-electron chi connectivity index (χ4n) is 5.02. The number of hydrogen-bond donors (Lipinski definition) is 1. The first-order valence-corrected chi connectivity index (χ1v) is 13.9. The van der Waals surface area contributed by atoms with Crippen molar-refractivity contribution in [1.82, 2.24) is 5.32 Å². The van der Waals surface area contributed by atoms with E-state index in [0.29, 0.717) is 17.3 Å². The second kappa shape index (κ2) is 11.8. The van der Waals surface area contributed by atoms with Crippen molar-refractivity contribution < 1.29 is 9.21 Å². The fraction of sp³-hybridized carbons (Fsp3) is 0.147. The molecule has 1 aliphatic heterocycles. The van der Waals surface area contributed by atoms with Gasteiger partial charge in [-0.3, -0.25) is 4.79 Å². The highest BCUT2D eigenvalue weighted by molar-refractivity contribution is 6.30. The van der Waals surface area contributed by atoms with Crippen LogP contribution in [0.2, 0.25) is 5.02 Å². The number of hydrogen-bond acceptors (Lipinski definition) is 4. The summed E-state index contributed by atoms with van der Waals surface area (Å²) in [6.07, 6.45) is 0. The van der Waals surface area contributed by atoms with Gasteiger partial charge in [-0.05, 0) is 77.4 Å². The Labute approximate surface area is 239 Å². The lowest BCUT2D eigenvalue weighted by molar-refractivity contribution is 0.0959. The molecule has 1 aromatic heterocycles. The molecule has 0 unspecified atom stereocenters. The summed E-state index contributed by atoms with van der Waals surface area (Å²) in [6.45, 7) is 4.29. The molecular weight excluding hydrogens is 518 g/mol. The Balaban J connectivity index is 1.28. The van der Waals surface area contributed by atoms with Crippen LogP contribution in [0.15, 0.2) is 120 Å². The van der Waals surface area contributed by atoms with Crippen molar-refractivity contribution in [2.24, 2.45) is 0 Å². The van der Waals surface area contributed by atoms with Gasteiger partial charge in [0.1, 0.15) is 5.76 Å². The topological polar surface area (TPSA) is 48.7 Å². The van der Waals surface area contributed by atoms with Gasteiger partial charge in [0.2, 0.25) is 0 Å². The zero-order valence-corrected chi connectivity index (χ0v) is 22.9. The maximum atomic E-state index is 13.9. The molecule has 200 valence electrons. The third kappa shape index (κ3) is 5.81. The lowest BCUT2D eigenvalue weighted by Gasteiger charge is -2.30. The first kappa shape index (κ1) is 25.9. The molecule has 0 spiro atoms. The summed E-state index contributed by atoms with van der Waals surface area (Å²) in [5.74, 6) is 0.723. The van der Waals surface area contributed by atoms with Crippen molar-refractivity contribution in [2.45, 2.75) is 6.54 Å². The van der Waals surface area contributed by atoms with E-state index in [1.165, 1.54) is 0 Å². The Morgan fingerprint density at radius 3 is 2.10 bits per heavy atom. The zero-order valence-electron chi connectivity index (χ0n) is 22.1. The van der Waals surface area contributed by atoms with E-state index in [9.17, 15) is 4.79 Å². The van der Waals surface area contributed by atoms with Crippen molar-refractivity contribution in [3.05, 3.63) is 132 Å². The number of rotatable bonds is 7. The van der Waals surface area contributed by atoms with Gasteiger partial charge in [-0.25, -0.2) is 0 Å². The number of carbonyl (C=O) groups excluding carboxylic acids is 1. The predicted molar refractivity (Wildman–Crippen MR) is 163 cm³/mol. The summed E-state index contributed by atoms with van der Waals surface area (Å²) < 4.78 is 6.06. The van der Waals surface area contributed by atoms with E-state index in [1.54, 1.807) is 11.0 Å². The van der Waals surface area contributed by atoms with Crippen molar-refractivity contribution in [2.75, 3.05) is 36.0 Å². The van der Waals surface area contributed by atoms with Crippen LogP contribution in [0.5, 0.6) is 0 Å². The van der Waals surface area contributed by atoms with Crippen LogP contribution < -0.4 is 15.1 Å². The molecule has 5 nitrogen and oxygen atoms in total. The van der Waals surface area contributed by atoms with E-state index in [2.05, 4.69) is 58.7 Å². The molecule has 0 aliphatic carbocycles. The summed E-state index contributed by atoms with van der Waals surface area (Å²) in [6, 6.07) is 37.9. The number of halogens is 1. The molecule has 40 heavy (non-hydrogen) atoms. The number of piperazine rings is 1. The van der Waals surface area contributed by atoms with Crippen molar-refractivity contribution in [3.8, 4) is 22.5 Å². The van der Waals surface area contributed by atoms with E-state index in [4.69, 9.17) is 16.0 Å². The van der Waals surface area contributed by atoms with Crippen molar-refractivity contribution >= 4 is 28.9 Å². The molecular formula is C34H30ClN3O2. The van der Waals surface area contributed by atoms with Crippen LogP contribution in [0.3, 0.4) is 0 Å². The first-order valence-electron chi connectivity index (χ1n) is 13.5. The van der Waals surface area contributed by atoms with Crippen LogP contribution in [-0.2, 0) is 6.54 Å². The molecule has 1 aliphatic rings. The number of nitrogens with one attached hydrogen (secondary N) is 1. The molecule has 1 amide bonds.